The van der Waals surface area contributed by atoms with Crippen molar-refractivity contribution in [1.29, 1.82) is 0 Å². The van der Waals surface area contributed by atoms with Gasteiger partial charge >= 0.3 is 0 Å². The van der Waals surface area contributed by atoms with Crippen molar-refractivity contribution in [3.05, 3.63) is 94.6 Å². The highest BCUT2D eigenvalue weighted by atomic mass is 16.5. The van der Waals surface area contributed by atoms with E-state index in [2.05, 4.69) is 20.8 Å². The second kappa shape index (κ2) is 12.1. The summed E-state index contributed by atoms with van der Waals surface area (Å²) in [5, 5.41) is 11.7. The number of rotatable bonds is 9. The number of ether oxygens (including phenoxy) is 3. The molecule has 0 saturated carbocycles. The van der Waals surface area contributed by atoms with Crippen LogP contribution in [0.2, 0.25) is 0 Å². The molecule has 7 heteroatoms. The van der Waals surface area contributed by atoms with Crippen LogP contribution in [0.5, 0.6) is 17.2 Å². The van der Waals surface area contributed by atoms with Crippen LogP contribution in [-0.2, 0) is 21.5 Å². The van der Waals surface area contributed by atoms with Crippen molar-refractivity contribution in [2.75, 3.05) is 13.7 Å². The van der Waals surface area contributed by atoms with Crippen molar-refractivity contribution in [1.82, 2.24) is 4.90 Å². The van der Waals surface area contributed by atoms with Gasteiger partial charge in [-0.15, -0.1) is 0 Å². The summed E-state index contributed by atoms with van der Waals surface area (Å²) in [4.78, 5) is 28.7. The third kappa shape index (κ3) is 6.40. The number of ketones is 1. The van der Waals surface area contributed by atoms with Gasteiger partial charge in [-0.25, -0.2) is 0 Å². The Balaban J connectivity index is 1.90. The van der Waals surface area contributed by atoms with Crippen molar-refractivity contribution >= 4 is 17.4 Å². The molecule has 1 atom stereocenters. The maximum Gasteiger partial charge on any atom is 0.295 e. The summed E-state index contributed by atoms with van der Waals surface area (Å²) < 4.78 is 17.1. The maximum absolute atomic E-state index is 13.7. The predicted molar refractivity (Wildman–Crippen MR) is 159 cm³/mol. The van der Waals surface area contributed by atoms with Crippen molar-refractivity contribution in [3.8, 4) is 17.2 Å². The number of hydrogen-bond donors (Lipinski definition) is 1. The van der Waals surface area contributed by atoms with E-state index in [0.717, 1.165) is 11.1 Å². The zero-order valence-corrected chi connectivity index (χ0v) is 24.9. The standard InChI is InChI=1S/C34H39NO6/c1-8-40-28-16-15-24(19-27(28)34(4,5)6)31(36)29-30(23-12-10-14-26(18-23)41-21(2)3)35(33(38)32(29)37)20-22-11-9-13-25(17-22)39-7/h9-19,21,30,36H,8,20H2,1-7H3/b31-29+. The lowest BCUT2D eigenvalue weighted by atomic mass is 9.84. The molecule has 1 aliphatic heterocycles. The fourth-order valence-electron chi connectivity index (χ4n) is 5.09. The molecular weight excluding hydrogens is 518 g/mol. The molecule has 1 amide bonds. The number of Topliss-reactive ketones (excluding diaryl/α,β-unsaturated/α-hetero) is 1. The van der Waals surface area contributed by atoms with Crippen molar-refractivity contribution in [2.45, 2.75) is 65.6 Å². The molecule has 1 unspecified atom stereocenters. The number of benzene rings is 3. The van der Waals surface area contributed by atoms with Gasteiger partial charge in [0.15, 0.2) is 0 Å². The predicted octanol–water partition coefficient (Wildman–Crippen LogP) is 6.80. The molecule has 1 heterocycles. The number of methoxy groups -OCH3 is 1. The molecule has 1 fully saturated rings. The van der Waals surface area contributed by atoms with E-state index in [-0.39, 0.29) is 29.4 Å². The third-order valence-corrected chi connectivity index (χ3v) is 6.93. The molecule has 216 valence electrons. The molecule has 0 aliphatic carbocycles. The highest BCUT2D eigenvalue weighted by Crippen LogP contribution is 2.42. The topological polar surface area (TPSA) is 85.3 Å². The van der Waals surface area contributed by atoms with E-state index in [1.54, 1.807) is 19.2 Å². The first-order valence-electron chi connectivity index (χ1n) is 13.9. The lowest BCUT2D eigenvalue weighted by molar-refractivity contribution is -0.140. The normalized spacial score (nSPS) is 16.8. The van der Waals surface area contributed by atoms with Gasteiger partial charge < -0.3 is 24.2 Å². The molecular formula is C34H39NO6. The van der Waals surface area contributed by atoms with Crippen LogP contribution in [0.25, 0.3) is 5.76 Å². The van der Waals surface area contributed by atoms with Gasteiger partial charge in [-0.3, -0.25) is 9.59 Å². The fourth-order valence-corrected chi connectivity index (χ4v) is 5.09. The molecule has 4 rings (SSSR count). The Bertz CT molecular complexity index is 1470. The number of aliphatic hydroxyl groups is 1. The van der Waals surface area contributed by atoms with Gasteiger partial charge in [0.1, 0.15) is 23.0 Å². The quantitative estimate of drug-likeness (QED) is 0.177. The zero-order chi connectivity index (χ0) is 29.9. The number of nitrogens with zero attached hydrogens (tertiary/aromatic N) is 1. The molecule has 0 aromatic heterocycles. The molecule has 1 N–H and O–H groups in total. The number of carbonyl (C=O) groups is 2. The first kappa shape index (κ1) is 29.7. The van der Waals surface area contributed by atoms with Crippen LogP contribution in [-0.4, -0.2) is 41.5 Å². The van der Waals surface area contributed by atoms with Crippen molar-refractivity contribution in [3.63, 3.8) is 0 Å². The lowest BCUT2D eigenvalue weighted by Crippen LogP contribution is -2.29. The van der Waals surface area contributed by atoms with Gasteiger partial charge in [-0.1, -0.05) is 45.0 Å². The minimum atomic E-state index is -0.832. The van der Waals surface area contributed by atoms with Crippen LogP contribution in [0.1, 0.15) is 69.8 Å². The molecule has 3 aromatic carbocycles. The Morgan fingerprint density at radius 3 is 2.34 bits per heavy atom. The minimum absolute atomic E-state index is 0.0311. The molecule has 3 aromatic rings. The average molecular weight is 558 g/mol. The first-order valence-corrected chi connectivity index (χ1v) is 13.9. The van der Waals surface area contributed by atoms with Crippen molar-refractivity contribution < 1.29 is 28.9 Å². The molecule has 0 radical (unpaired) electrons. The number of amides is 1. The summed E-state index contributed by atoms with van der Waals surface area (Å²) in [6, 6.07) is 19.2. The van der Waals surface area contributed by atoms with Gasteiger partial charge in [-0.2, -0.15) is 0 Å². The maximum atomic E-state index is 13.7. The van der Waals surface area contributed by atoms with Gasteiger partial charge in [0, 0.05) is 17.7 Å². The second-order valence-corrected chi connectivity index (χ2v) is 11.4. The summed E-state index contributed by atoms with van der Waals surface area (Å²) in [6.45, 7) is 12.6. The average Bonchev–Trinajstić information content (AvgIpc) is 3.17. The smallest absolute Gasteiger partial charge is 0.295 e. The number of likely N-dealkylation sites (tertiary alicyclic amines) is 1. The second-order valence-electron chi connectivity index (χ2n) is 11.4. The molecule has 7 nitrogen and oxygen atoms in total. The minimum Gasteiger partial charge on any atom is -0.507 e. The number of aliphatic hydroxyl groups excluding tert-OH is 1. The Labute approximate surface area is 242 Å². The third-order valence-electron chi connectivity index (χ3n) is 6.93. The lowest BCUT2D eigenvalue weighted by Gasteiger charge is -2.26. The molecule has 1 aliphatic rings. The van der Waals surface area contributed by atoms with Gasteiger partial charge in [-0.05, 0) is 79.8 Å². The Kier molecular flexibility index (Phi) is 8.76. The molecule has 41 heavy (non-hydrogen) atoms. The van der Waals surface area contributed by atoms with E-state index >= 15 is 0 Å². The highest BCUT2D eigenvalue weighted by Gasteiger charge is 2.46. The van der Waals surface area contributed by atoms with Crippen molar-refractivity contribution in [2.24, 2.45) is 0 Å². The molecule has 0 spiro atoms. The summed E-state index contributed by atoms with van der Waals surface area (Å²) >= 11 is 0. The first-order chi connectivity index (χ1) is 19.4. The Hall–Kier alpha value is -4.26. The zero-order valence-electron chi connectivity index (χ0n) is 24.9. The van der Waals surface area contributed by atoms with E-state index < -0.39 is 17.7 Å². The summed E-state index contributed by atoms with van der Waals surface area (Å²) in [5.74, 6) is 0.316. The summed E-state index contributed by atoms with van der Waals surface area (Å²) in [7, 11) is 1.58. The highest BCUT2D eigenvalue weighted by molar-refractivity contribution is 6.46. The van der Waals surface area contributed by atoms with Crippen LogP contribution in [0.4, 0.5) is 0 Å². The van der Waals surface area contributed by atoms with E-state index in [9.17, 15) is 14.7 Å². The Morgan fingerprint density at radius 2 is 1.68 bits per heavy atom. The number of hydrogen-bond acceptors (Lipinski definition) is 6. The molecule has 0 bridgehead atoms. The number of carbonyl (C=O) groups excluding carboxylic acids is 2. The van der Waals surface area contributed by atoms with E-state index in [1.165, 1.54) is 4.90 Å². The van der Waals surface area contributed by atoms with E-state index in [4.69, 9.17) is 14.2 Å². The summed E-state index contributed by atoms with van der Waals surface area (Å²) in [5.41, 5.74) is 2.52. The van der Waals surface area contributed by atoms with Gasteiger partial charge in [0.25, 0.3) is 11.7 Å². The van der Waals surface area contributed by atoms with Crippen LogP contribution in [0.15, 0.2) is 72.3 Å². The van der Waals surface area contributed by atoms with Crippen LogP contribution in [0, 0.1) is 0 Å². The van der Waals surface area contributed by atoms with Crippen LogP contribution < -0.4 is 14.2 Å². The van der Waals surface area contributed by atoms with Gasteiger partial charge in [0.2, 0.25) is 0 Å². The Morgan fingerprint density at radius 1 is 0.976 bits per heavy atom. The van der Waals surface area contributed by atoms with Crippen LogP contribution in [0.3, 0.4) is 0 Å². The van der Waals surface area contributed by atoms with E-state index in [0.29, 0.717) is 35.0 Å². The summed E-state index contributed by atoms with van der Waals surface area (Å²) in [6.07, 6.45) is -0.0620. The SMILES string of the molecule is CCOc1ccc(/C(O)=C2\C(=O)C(=O)N(Cc3cccc(OC)c3)C2c2cccc(OC(C)C)c2)cc1C(C)(C)C. The largest absolute Gasteiger partial charge is 0.507 e. The van der Waals surface area contributed by atoms with E-state index in [1.807, 2.05) is 75.4 Å². The fraction of sp³-hybridized carbons (Fsp3) is 0.353. The van der Waals surface area contributed by atoms with Crippen LogP contribution >= 0.6 is 0 Å². The monoisotopic (exact) mass is 557 g/mol. The van der Waals surface area contributed by atoms with Gasteiger partial charge in [0.05, 0.1) is 31.4 Å². The molecule has 1 saturated heterocycles.